The number of ether oxygens (including phenoxy) is 1. The molecule has 0 radical (unpaired) electrons. The standard InChI is InChI=1S/C11H22N2O2/c1-8(3-5-12)7-13-11(14)10-4-6-15-9(10)2/h8-10H,3-7,12H2,1-2H3,(H,13,14). The molecule has 1 amide bonds. The van der Waals surface area contributed by atoms with E-state index in [1.165, 1.54) is 0 Å². The Morgan fingerprint density at radius 3 is 2.93 bits per heavy atom. The molecule has 1 aliphatic rings. The summed E-state index contributed by atoms with van der Waals surface area (Å²) in [4.78, 5) is 11.7. The van der Waals surface area contributed by atoms with Crippen LogP contribution >= 0.6 is 0 Å². The predicted octanol–water partition coefficient (Wildman–Crippen LogP) is 0.513. The van der Waals surface area contributed by atoms with Crippen LogP contribution < -0.4 is 11.1 Å². The van der Waals surface area contributed by atoms with Crippen LogP contribution in [-0.4, -0.2) is 31.7 Å². The van der Waals surface area contributed by atoms with Crippen LogP contribution in [0.25, 0.3) is 0 Å². The lowest BCUT2D eigenvalue weighted by Crippen LogP contribution is -2.36. The number of carbonyl (C=O) groups excluding carboxylic acids is 1. The van der Waals surface area contributed by atoms with Gasteiger partial charge in [-0.1, -0.05) is 6.92 Å². The summed E-state index contributed by atoms with van der Waals surface area (Å²) in [7, 11) is 0. The molecule has 1 rings (SSSR count). The summed E-state index contributed by atoms with van der Waals surface area (Å²) in [5.74, 6) is 0.621. The zero-order valence-corrected chi connectivity index (χ0v) is 9.66. The van der Waals surface area contributed by atoms with Crippen molar-refractivity contribution in [2.75, 3.05) is 19.7 Å². The fourth-order valence-electron chi connectivity index (χ4n) is 1.87. The third-order valence-electron chi connectivity index (χ3n) is 3.00. The summed E-state index contributed by atoms with van der Waals surface area (Å²) >= 11 is 0. The van der Waals surface area contributed by atoms with Gasteiger partial charge >= 0.3 is 0 Å². The quantitative estimate of drug-likeness (QED) is 0.701. The maximum absolute atomic E-state index is 11.7. The third kappa shape index (κ3) is 3.80. The van der Waals surface area contributed by atoms with Gasteiger partial charge in [-0.2, -0.15) is 0 Å². The fourth-order valence-corrected chi connectivity index (χ4v) is 1.87. The van der Waals surface area contributed by atoms with Crippen molar-refractivity contribution in [2.24, 2.45) is 17.6 Å². The number of hydrogen-bond acceptors (Lipinski definition) is 3. The minimum absolute atomic E-state index is 0.0371. The largest absolute Gasteiger partial charge is 0.378 e. The number of amides is 1. The first-order chi connectivity index (χ1) is 7.15. The van der Waals surface area contributed by atoms with E-state index in [2.05, 4.69) is 12.2 Å². The van der Waals surface area contributed by atoms with Crippen molar-refractivity contribution in [3.63, 3.8) is 0 Å². The lowest BCUT2D eigenvalue weighted by Gasteiger charge is -2.16. The molecule has 1 heterocycles. The van der Waals surface area contributed by atoms with E-state index in [0.29, 0.717) is 19.1 Å². The molecule has 1 saturated heterocycles. The highest BCUT2D eigenvalue weighted by Crippen LogP contribution is 2.20. The average molecular weight is 214 g/mol. The van der Waals surface area contributed by atoms with Gasteiger partial charge in [0, 0.05) is 13.2 Å². The van der Waals surface area contributed by atoms with Gasteiger partial charge in [-0.05, 0) is 32.2 Å². The molecular formula is C11H22N2O2. The summed E-state index contributed by atoms with van der Waals surface area (Å²) in [6.07, 6.45) is 1.87. The molecule has 3 unspecified atom stereocenters. The molecule has 0 spiro atoms. The third-order valence-corrected chi connectivity index (χ3v) is 3.00. The molecule has 0 aromatic carbocycles. The Kier molecular flexibility index (Phi) is 5.05. The molecule has 4 nitrogen and oxygen atoms in total. The maximum Gasteiger partial charge on any atom is 0.225 e. The Labute approximate surface area is 91.5 Å². The second-order valence-corrected chi connectivity index (χ2v) is 4.40. The lowest BCUT2D eigenvalue weighted by atomic mass is 10.0. The van der Waals surface area contributed by atoms with Crippen molar-refractivity contribution in [2.45, 2.75) is 32.8 Å². The molecule has 3 atom stereocenters. The highest BCUT2D eigenvalue weighted by Gasteiger charge is 2.30. The summed E-state index contributed by atoms with van der Waals surface area (Å²) in [6.45, 7) is 6.17. The molecular weight excluding hydrogens is 192 g/mol. The van der Waals surface area contributed by atoms with Gasteiger partial charge in [0.05, 0.1) is 12.0 Å². The van der Waals surface area contributed by atoms with E-state index < -0.39 is 0 Å². The first kappa shape index (κ1) is 12.5. The first-order valence-corrected chi connectivity index (χ1v) is 5.74. The zero-order chi connectivity index (χ0) is 11.3. The normalized spacial score (nSPS) is 27.7. The van der Waals surface area contributed by atoms with Gasteiger partial charge in [0.15, 0.2) is 0 Å². The molecule has 88 valence electrons. The van der Waals surface area contributed by atoms with Crippen molar-refractivity contribution in [1.82, 2.24) is 5.32 Å². The summed E-state index contributed by atoms with van der Waals surface area (Å²) < 4.78 is 5.36. The maximum atomic E-state index is 11.7. The number of carbonyl (C=O) groups is 1. The molecule has 1 aliphatic heterocycles. The zero-order valence-electron chi connectivity index (χ0n) is 9.66. The average Bonchev–Trinajstić information content (AvgIpc) is 2.61. The van der Waals surface area contributed by atoms with E-state index in [9.17, 15) is 4.79 Å². The summed E-state index contributed by atoms with van der Waals surface area (Å²) in [5, 5.41) is 2.97. The van der Waals surface area contributed by atoms with Crippen molar-refractivity contribution in [1.29, 1.82) is 0 Å². The van der Waals surface area contributed by atoms with E-state index in [1.807, 2.05) is 6.92 Å². The molecule has 3 N–H and O–H groups in total. The highest BCUT2D eigenvalue weighted by molar-refractivity contribution is 5.79. The van der Waals surface area contributed by atoms with Crippen LogP contribution in [0.3, 0.4) is 0 Å². The van der Waals surface area contributed by atoms with Gasteiger partial charge in [-0.3, -0.25) is 4.79 Å². The second-order valence-electron chi connectivity index (χ2n) is 4.40. The van der Waals surface area contributed by atoms with E-state index in [-0.39, 0.29) is 17.9 Å². The van der Waals surface area contributed by atoms with Gasteiger partial charge in [0.25, 0.3) is 0 Å². The summed E-state index contributed by atoms with van der Waals surface area (Å²) in [6, 6.07) is 0. The van der Waals surface area contributed by atoms with Crippen LogP contribution in [0.2, 0.25) is 0 Å². The van der Waals surface area contributed by atoms with Crippen molar-refractivity contribution >= 4 is 5.91 Å². The van der Waals surface area contributed by atoms with Gasteiger partial charge < -0.3 is 15.8 Å². The van der Waals surface area contributed by atoms with E-state index in [1.54, 1.807) is 0 Å². The minimum atomic E-state index is 0.0371. The summed E-state index contributed by atoms with van der Waals surface area (Å²) in [5.41, 5.74) is 5.45. The van der Waals surface area contributed by atoms with Gasteiger partial charge in [0.1, 0.15) is 0 Å². The molecule has 0 saturated carbocycles. The van der Waals surface area contributed by atoms with Crippen molar-refractivity contribution in [3.8, 4) is 0 Å². The predicted molar refractivity (Wildman–Crippen MR) is 59.4 cm³/mol. The van der Waals surface area contributed by atoms with Gasteiger partial charge in [0.2, 0.25) is 5.91 Å². The van der Waals surface area contributed by atoms with E-state index in [4.69, 9.17) is 10.5 Å². The van der Waals surface area contributed by atoms with Crippen LogP contribution in [0, 0.1) is 11.8 Å². The van der Waals surface area contributed by atoms with Crippen LogP contribution in [0.15, 0.2) is 0 Å². The molecule has 4 heteroatoms. The van der Waals surface area contributed by atoms with E-state index >= 15 is 0 Å². The molecule has 1 fully saturated rings. The molecule has 0 aromatic rings. The van der Waals surface area contributed by atoms with Crippen molar-refractivity contribution in [3.05, 3.63) is 0 Å². The smallest absolute Gasteiger partial charge is 0.225 e. The monoisotopic (exact) mass is 214 g/mol. The first-order valence-electron chi connectivity index (χ1n) is 5.74. The van der Waals surface area contributed by atoms with Gasteiger partial charge in [-0.15, -0.1) is 0 Å². The van der Waals surface area contributed by atoms with Gasteiger partial charge in [-0.25, -0.2) is 0 Å². The van der Waals surface area contributed by atoms with Crippen molar-refractivity contribution < 1.29 is 9.53 Å². The van der Waals surface area contributed by atoms with Crippen LogP contribution in [-0.2, 0) is 9.53 Å². The van der Waals surface area contributed by atoms with E-state index in [0.717, 1.165) is 19.4 Å². The SMILES string of the molecule is CC(CCN)CNC(=O)C1CCOC1C. The van der Waals surface area contributed by atoms with Crippen LogP contribution in [0.5, 0.6) is 0 Å². The number of nitrogens with two attached hydrogens (primary N) is 1. The fraction of sp³-hybridized carbons (Fsp3) is 0.909. The van der Waals surface area contributed by atoms with Crippen LogP contribution in [0.4, 0.5) is 0 Å². The Hall–Kier alpha value is -0.610. The Bertz CT molecular complexity index is 209. The number of nitrogens with one attached hydrogen (secondary N) is 1. The highest BCUT2D eigenvalue weighted by atomic mass is 16.5. The molecule has 15 heavy (non-hydrogen) atoms. The minimum Gasteiger partial charge on any atom is -0.378 e. The Morgan fingerprint density at radius 2 is 2.40 bits per heavy atom. The topological polar surface area (TPSA) is 64.3 Å². The molecule has 0 aromatic heterocycles. The van der Waals surface area contributed by atoms with Crippen LogP contribution in [0.1, 0.15) is 26.7 Å². The Balaban J connectivity index is 2.23. The Morgan fingerprint density at radius 1 is 1.67 bits per heavy atom. The molecule has 0 aliphatic carbocycles. The lowest BCUT2D eigenvalue weighted by molar-refractivity contribution is -0.126. The molecule has 0 bridgehead atoms. The number of rotatable bonds is 5. The number of hydrogen-bond donors (Lipinski definition) is 2. The second kappa shape index (κ2) is 6.08.